The van der Waals surface area contributed by atoms with Gasteiger partial charge in [0.1, 0.15) is 12.8 Å². The molecule has 0 saturated heterocycles. The molecule has 0 fully saturated rings. The number of halogens is 1. The molecule has 3 nitrogen and oxygen atoms in total. The highest BCUT2D eigenvalue weighted by Gasteiger charge is 2.03. The minimum absolute atomic E-state index is 0.0310. The van der Waals surface area contributed by atoms with Crippen LogP contribution in [0.4, 0.5) is 4.39 Å². The summed E-state index contributed by atoms with van der Waals surface area (Å²) < 4.78 is 12.5. The van der Waals surface area contributed by atoms with Crippen LogP contribution in [0.1, 0.15) is 13.3 Å². The normalized spacial score (nSPS) is 13.5. The van der Waals surface area contributed by atoms with Gasteiger partial charge in [-0.25, -0.2) is 10.3 Å². The molecule has 0 saturated carbocycles. The predicted octanol–water partition coefficient (Wildman–Crippen LogP) is 0.214. The van der Waals surface area contributed by atoms with Gasteiger partial charge >= 0.3 is 0 Å². The standard InChI is InChI=1S/C6H15FN2O/c1-2-3-9-4-6(7)5-10-8/h6,9H,2-5,8H2,1H3. The van der Waals surface area contributed by atoms with E-state index in [-0.39, 0.29) is 6.61 Å². The van der Waals surface area contributed by atoms with Crippen molar-refractivity contribution in [1.29, 1.82) is 0 Å². The number of nitrogens with one attached hydrogen (secondary N) is 1. The summed E-state index contributed by atoms with van der Waals surface area (Å²) in [5.74, 6) is 4.67. The summed E-state index contributed by atoms with van der Waals surface area (Å²) in [6.45, 7) is 3.16. The molecule has 4 heteroatoms. The van der Waals surface area contributed by atoms with Gasteiger partial charge in [-0.1, -0.05) is 6.92 Å². The van der Waals surface area contributed by atoms with Crippen molar-refractivity contribution in [3.8, 4) is 0 Å². The fourth-order valence-electron chi connectivity index (χ4n) is 0.599. The molecule has 0 radical (unpaired) electrons. The molecule has 62 valence electrons. The lowest BCUT2D eigenvalue weighted by atomic mass is 10.4. The number of rotatable bonds is 6. The van der Waals surface area contributed by atoms with Crippen LogP contribution in [0.3, 0.4) is 0 Å². The van der Waals surface area contributed by atoms with Gasteiger partial charge in [-0.2, -0.15) is 0 Å². The zero-order chi connectivity index (χ0) is 7.82. The first-order chi connectivity index (χ1) is 4.81. The molecule has 0 amide bonds. The van der Waals surface area contributed by atoms with E-state index in [2.05, 4.69) is 16.1 Å². The van der Waals surface area contributed by atoms with Crippen molar-refractivity contribution in [2.24, 2.45) is 5.90 Å². The molecule has 0 aromatic heterocycles. The monoisotopic (exact) mass is 150 g/mol. The van der Waals surface area contributed by atoms with E-state index in [1.165, 1.54) is 0 Å². The third-order valence-corrected chi connectivity index (χ3v) is 1.07. The van der Waals surface area contributed by atoms with E-state index in [1.807, 2.05) is 6.92 Å². The summed E-state index contributed by atoms with van der Waals surface area (Å²) in [5, 5.41) is 2.91. The Morgan fingerprint density at radius 2 is 2.40 bits per heavy atom. The van der Waals surface area contributed by atoms with Gasteiger partial charge in [-0.3, -0.25) is 0 Å². The van der Waals surface area contributed by atoms with E-state index < -0.39 is 6.17 Å². The van der Waals surface area contributed by atoms with Gasteiger partial charge in [0.15, 0.2) is 0 Å². The SMILES string of the molecule is CCCNCC(F)CON. The molecule has 0 aliphatic carbocycles. The average molecular weight is 150 g/mol. The van der Waals surface area contributed by atoms with Gasteiger partial charge in [0, 0.05) is 6.54 Å². The molecule has 0 aromatic rings. The van der Waals surface area contributed by atoms with Crippen molar-refractivity contribution in [3.05, 3.63) is 0 Å². The Bertz CT molecular complexity index is 72.8. The Kier molecular flexibility index (Phi) is 6.79. The van der Waals surface area contributed by atoms with E-state index in [0.29, 0.717) is 6.54 Å². The van der Waals surface area contributed by atoms with E-state index in [9.17, 15) is 4.39 Å². The van der Waals surface area contributed by atoms with Crippen molar-refractivity contribution in [2.45, 2.75) is 19.5 Å². The summed E-state index contributed by atoms with van der Waals surface area (Å²) in [6, 6.07) is 0. The maximum atomic E-state index is 12.5. The Morgan fingerprint density at radius 3 is 2.90 bits per heavy atom. The number of hydrogen-bond donors (Lipinski definition) is 2. The van der Waals surface area contributed by atoms with E-state index in [1.54, 1.807) is 0 Å². The van der Waals surface area contributed by atoms with Crippen molar-refractivity contribution in [3.63, 3.8) is 0 Å². The maximum Gasteiger partial charge on any atom is 0.138 e. The molecule has 0 aliphatic rings. The lowest BCUT2D eigenvalue weighted by Crippen LogP contribution is -2.28. The fraction of sp³-hybridized carbons (Fsp3) is 1.00. The summed E-state index contributed by atoms with van der Waals surface area (Å²) in [6.07, 6.45) is 0.0208. The van der Waals surface area contributed by atoms with Gasteiger partial charge in [0.05, 0.1) is 0 Å². The molecule has 0 heterocycles. The Balaban J connectivity index is 2.97. The number of nitrogens with two attached hydrogens (primary N) is 1. The van der Waals surface area contributed by atoms with Crippen LogP contribution >= 0.6 is 0 Å². The maximum absolute atomic E-state index is 12.5. The highest BCUT2D eigenvalue weighted by molar-refractivity contribution is 4.57. The van der Waals surface area contributed by atoms with Gasteiger partial charge < -0.3 is 10.2 Å². The molecule has 0 rings (SSSR count). The van der Waals surface area contributed by atoms with Crippen LogP contribution in [0.2, 0.25) is 0 Å². The number of alkyl halides is 1. The first-order valence-corrected chi connectivity index (χ1v) is 3.47. The van der Waals surface area contributed by atoms with E-state index in [0.717, 1.165) is 13.0 Å². The smallest absolute Gasteiger partial charge is 0.138 e. The lowest BCUT2D eigenvalue weighted by Gasteiger charge is -2.06. The molecule has 10 heavy (non-hydrogen) atoms. The van der Waals surface area contributed by atoms with Crippen molar-refractivity contribution in [1.82, 2.24) is 5.32 Å². The fourth-order valence-corrected chi connectivity index (χ4v) is 0.599. The highest BCUT2D eigenvalue weighted by Crippen LogP contribution is 1.87. The largest absolute Gasteiger partial charge is 0.314 e. The minimum Gasteiger partial charge on any atom is -0.314 e. The van der Waals surface area contributed by atoms with Crippen LogP contribution in [-0.4, -0.2) is 25.9 Å². The second-order valence-corrected chi connectivity index (χ2v) is 2.13. The zero-order valence-electron chi connectivity index (χ0n) is 6.27. The highest BCUT2D eigenvalue weighted by atomic mass is 19.1. The summed E-state index contributed by atoms with van der Waals surface area (Å²) in [5.41, 5.74) is 0. The quantitative estimate of drug-likeness (QED) is 0.420. The Morgan fingerprint density at radius 1 is 1.70 bits per heavy atom. The average Bonchev–Trinajstić information content (AvgIpc) is 1.89. The van der Waals surface area contributed by atoms with Gasteiger partial charge in [-0.15, -0.1) is 0 Å². The molecule has 1 atom stereocenters. The topological polar surface area (TPSA) is 47.3 Å². The number of hydrogen-bond acceptors (Lipinski definition) is 3. The molecule has 0 bridgehead atoms. The second-order valence-electron chi connectivity index (χ2n) is 2.13. The van der Waals surface area contributed by atoms with E-state index in [4.69, 9.17) is 0 Å². The van der Waals surface area contributed by atoms with Crippen LogP contribution in [0.25, 0.3) is 0 Å². The predicted molar refractivity (Wildman–Crippen MR) is 38.2 cm³/mol. The Hall–Kier alpha value is -0.190. The third kappa shape index (κ3) is 5.94. The second kappa shape index (κ2) is 6.92. The van der Waals surface area contributed by atoms with Crippen LogP contribution in [0.5, 0.6) is 0 Å². The molecule has 3 N–H and O–H groups in total. The van der Waals surface area contributed by atoms with Gasteiger partial charge in [-0.05, 0) is 13.0 Å². The molecular weight excluding hydrogens is 135 g/mol. The molecular formula is C6H15FN2O. The van der Waals surface area contributed by atoms with Gasteiger partial charge in [0.25, 0.3) is 0 Å². The van der Waals surface area contributed by atoms with Crippen molar-refractivity contribution in [2.75, 3.05) is 19.7 Å². The Labute approximate surface area is 60.7 Å². The van der Waals surface area contributed by atoms with Crippen LogP contribution < -0.4 is 11.2 Å². The summed E-state index contributed by atoms with van der Waals surface area (Å²) in [4.78, 5) is 4.12. The first kappa shape index (κ1) is 9.81. The summed E-state index contributed by atoms with van der Waals surface area (Å²) in [7, 11) is 0. The van der Waals surface area contributed by atoms with Crippen LogP contribution in [0.15, 0.2) is 0 Å². The van der Waals surface area contributed by atoms with E-state index >= 15 is 0 Å². The minimum atomic E-state index is -0.989. The van der Waals surface area contributed by atoms with Gasteiger partial charge in [0.2, 0.25) is 0 Å². The lowest BCUT2D eigenvalue weighted by molar-refractivity contribution is 0.0815. The van der Waals surface area contributed by atoms with Crippen LogP contribution in [0, 0.1) is 0 Å². The zero-order valence-corrected chi connectivity index (χ0v) is 6.27. The molecule has 0 aromatic carbocycles. The summed E-state index contributed by atoms with van der Waals surface area (Å²) >= 11 is 0. The molecule has 0 aliphatic heterocycles. The third-order valence-electron chi connectivity index (χ3n) is 1.07. The first-order valence-electron chi connectivity index (χ1n) is 3.47. The van der Waals surface area contributed by atoms with Crippen molar-refractivity contribution >= 4 is 0 Å². The molecule has 1 unspecified atom stereocenters. The molecule has 0 spiro atoms. The van der Waals surface area contributed by atoms with Crippen molar-refractivity contribution < 1.29 is 9.23 Å². The van der Waals surface area contributed by atoms with Crippen LogP contribution in [-0.2, 0) is 4.84 Å².